The number of phenols is 1. The van der Waals surface area contributed by atoms with Gasteiger partial charge in [-0.15, -0.1) is 0 Å². The highest BCUT2D eigenvalue weighted by atomic mass is 16.5. The van der Waals surface area contributed by atoms with Crippen molar-refractivity contribution in [1.82, 2.24) is 0 Å². The van der Waals surface area contributed by atoms with Crippen molar-refractivity contribution >= 4 is 11.7 Å². The Bertz CT molecular complexity index is 639. The van der Waals surface area contributed by atoms with Crippen LogP contribution in [0.5, 0.6) is 11.5 Å². The molecule has 5 heteroatoms. The normalized spacial score (nSPS) is 13.2. The molecule has 2 aromatic carbocycles. The number of hydrogen-bond acceptors (Lipinski definition) is 4. The van der Waals surface area contributed by atoms with Crippen LogP contribution in [0.25, 0.3) is 0 Å². The van der Waals surface area contributed by atoms with Crippen molar-refractivity contribution in [2.24, 2.45) is 0 Å². The van der Waals surface area contributed by atoms with Crippen LogP contribution in [0.1, 0.15) is 12.5 Å². The quantitative estimate of drug-likeness (QED) is 0.788. The molecule has 0 fully saturated rings. The molecule has 0 bridgehead atoms. The number of carboxylic acids is 1. The van der Waals surface area contributed by atoms with Crippen LogP contribution in [0.4, 0.5) is 5.69 Å². The van der Waals surface area contributed by atoms with Gasteiger partial charge in [0.05, 0.1) is 7.11 Å². The van der Waals surface area contributed by atoms with Gasteiger partial charge in [-0.2, -0.15) is 0 Å². The first-order chi connectivity index (χ1) is 9.95. The van der Waals surface area contributed by atoms with Crippen molar-refractivity contribution in [3.63, 3.8) is 0 Å². The van der Waals surface area contributed by atoms with E-state index in [0.717, 1.165) is 0 Å². The van der Waals surface area contributed by atoms with Gasteiger partial charge in [-0.1, -0.05) is 18.2 Å². The molecule has 0 aliphatic heterocycles. The second kappa shape index (κ2) is 5.75. The van der Waals surface area contributed by atoms with E-state index in [2.05, 4.69) is 5.32 Å². The number of anilines is 1. The number of methoxy groups -OCH3 is 1. The van der Waals surface area contributed by atoms with Crippen LogP contribution in [0.3, 0.4) is 0 Å². The number of phenolic OH excluding ortho intramolecular Hbond substituents is 1. The van der Waals surface area contributed by atoms with E-state index < -0.39 is 11.5 Å². The lowest BCUT2D eigenvalue weighted by atomic mass is 9.91. The number of carbonyl (C=O) groups is 1. The van der Waals surface area contributed by atoms with E-state index in [1.807, 2.05) is 0 Å². The van der Waals surface area contributed by atoms with Crippen LogP contribution in [0.15, 0.2) is 48.5 Å². The topological polar surface area (TPSA) is 78.8 Å². The van der Waals surface area contributed by atoms with Crippen molar-refractivity contribution in [2.45, 2.75) is 12.5 Å². The molecule has 0 saturated heterocycles. The van der Waals surface area contributed by atoms with Crippen LogP contribution in [0, 0.1) is 0 Å². The lowest BCUT2D eigenvalue weighted by molar-refractivity contribution is -0.142. The van der Waals surface area contributed by atoms with Gasteiger partial charge in [0, 0.05) is 11.8 Å². The smallest absolute Gasteiger partial charge is 0.333 e. The van der Waals surface area contributed by atoms with Gasteiger partial charge in [-0.3, -0.25) is 0 Å². The predicted octanol–water partition coefficient (Wildman–Crippen LogP) is 2.81. The fourth-order valence-electron chi connectivity index (χ4n) is 2.03. The summed E-state index contributed by atoms with van der Waals surface area (Å²) < 4.78 is 5.13. The predicted molar refractivity (Wildman–Crippen MR) is 79.7 cm³/mol. The van der Waals surface area contributed by atoms with Crippen molar-refractivity contribution < 1.29 is 19.7 Å². The molecule has 0 amide bonds. The van der Waals surface area contributed by atoms with Gasteiger partial charge in [-0.05, 0) is 36.8 Å². The molecule has 21 heavy (non-hydrogen) atoms. The lowest BCUT2D eigenvalue weighted by Gasteiger charge is -2.28. The SMILES string of the molecule is COc1cccc(NC(C)(C(=O)O)c2ccc(O)cc2)c1. The van der Waals surface area contributed by atoms with Gasteiger partial charge < -0.3 is 20.3 Å². The minimum absolute atomic E-state index is 0.0906. The molecule has 5 nitrogen and oxygen atoms in total. The average Bonchev–Trinajstić information content (AvgIpc) is 2.47. The molecule has 2 rings (SSSR count). The summed E-state index contributed by atoms with van der Waals surface area (Å²) in [4.78, 5) is 11.7. The van der Waals surface area contributed by atoms with Gasteiger partial charge in [0.1, 0.15) is 11.5 Å². The molecule has 3 N–H and O–H groups in total. The number of aromatic hydroxyl groups is 1. The molecule has 1 unspecified atom stereocenters. The first-order valence-corrected chi connectivity index (χ1v) is 6.41. The summed E-state index contributed by atoms with van der Waals surface area (Å²) in [6.07, 6.45) is 0. The molecule has 0 saturated carbocycles. The molecule has 2 aromatic rings. The molecule has 0 aromatic heterocycles. The van der Waals surface area contributed by atoms with Crippen LogP contribution in [0.2, 0.25) is 0 Å². The zero-order valence-corrected chi connectivity index (χ0v) is 11.8. The fraction of sp³-hybridized carbons (Fsp3) is 0.188. The zero-order valence-electron chi connectivity index (χ0n) is 11.8. The Kier molecular flexibility index (Phi) is 4.03. The van der Waals surface area contributed by atoms with E-state index in [1.54, 1.807) is 50.4 Å². The minimum atomic E-state index is -1.32. The van der Waals surface area contributed by atoms with Crippen molar-refractivity contribution in [2.75, 3.05) is 12.4 Å². The molecule has 1 atom stereocenters. The van der Waals surface area contributed by atoms with Gasteiger partial charge >= 0.3 is 5.97 Å². The van der Waals surface area contributed by atoms with Gasteiger partial charge in [0.2, 0.25) is 0 Å². The summed E-state index contributed by atoms with van der Waals surface area (Å²) in [5.41, 5.74) is -0.150. The third-order valence-corrected chi connectivity index (χ3v) is 3.34. The van der Waals surface area contributed by atoms with Gasteiger partial charge in [0.15, 0.2) is 5.54 Å². The second-order valence-corrected chi connectivity index (χ2v) is 4.83. The maximum absolute atomic E-state index is 11.7. The fourth-order valence-corrected chi connectivity index (χ4v) is 2.03. The third-order valence-electron chi connectivity index (χ3n) is 3.34. The van der Waals surface area contributed by atoms with Crippen LogP contribution in [-0.2, 0) is 10.3 Å². The molecule has 0 heterocycles. The molecular weight excluding hydrogens is 270 g/mol. The summed E-state index contributed by atoms with van der Waals surface area (Å²) in [6.45, 7) is 1.57. The molecule has 0 spiro atoms. The summed E-state index contributed by atoms with van der Waals surface area (Å²) >= 11 is 0. The molecule has 0 aliphatic rings. The average molecular weight is 287 g/mol. The minimum Gasteiger partial charge on any atom is -0.508 e. The Labute approximate surface area is 122 Å². The van der Waals surface area contributed by atoms with Gasteiger partial charge in [0.25, 0.3) is 0 Å². The first-order valence-electron chi connectivity index (χ1n) is 6.41. The van der Waals surface area contributed by atoms with Crippen LogP contribution >= 0.6 is 0 Å². The number of rotatable bonds is 5. The molecule has 0 radical (unpaired) electrons. The Hall–Kier alpha value is -2.69. The second-order valence-electron chi connectivity index (χ2n) is 4.83. The van der Waals surface area contributed by atoms with E-state index in [-0.39, 0.29) is 5.75 Å². The number of nitrogens with one attached hydrogen (secondary N) is 1. The van der Waals surface area contributed by atoms with E-state index in [4.69, 9.17) is 4.74 Å². The number of ether oxygens (including phenoxy) is 1. The van der Waals surface area contributed by atoms with Crippen molar-refractivity contribution in [3.05, 3.63) is 54.1 Å². The summed E-state index contributed by atoms with van der Waals surface area (Å²) in [5, 5.41) is 21.9. The molecular formula is C16H17NO4. The zero-order chi connectivity index (χ0) is 15.5. The standard InChI is InChI=1S/C16H17NO4/c1-16(15(19)20,11-6-8-13(18)9-7-11)17-12-4-3-5-14(10-12)21-2/h3-10,17-18H,1-2H3,(H,19,20). The molecule has 0 aliphatic carbocycles. The highest BCUT2D eigenvalue weighted by Crippen LogP contribution is 2.29. The largest absolute Gasteiger partial charge is 0.508 e. The lowest BCUT2D eigenvalue weighted by Crippen LogP contribution is -2.40. The maximum Gasteiger partial charge on any atom is 0.333 e. The highest BCUT2D eigenvalue weighted by molar-refractivity contribution is 5.84. The van der Waals surface area contributed by atoms with Crippen molar-refractivity contribution in [1.29, 1.82) is 0 Å². The van der Waals surface area contributed by atoms with E-state index in [9.17, 15) is 15.0 Å². The highest BCUT2D eigenvalue weighted by Gasteiger charge is 2.35. The van der Waals surface area contributed by atoms with E-state index in [1.165, 1.54) is 12.1 Å². The number of aliphatic carboxylic acids is 1. The monoisotopic (exact) mass is 287 g/mol. The third kappa shape index (κ3) is 3.08. The van der Waals surface area contributed by atoms with Crippen molar-refractivity contribution in [3.8, 4) is 11.5 Å². The number of hydrogen-bond donors (Lipinski definition) is 3. The van der Waals surface area contributed by atoms with Gasteiger partial charge in [-0.25, -0.2) is 4.79 Å². The summed E-state index contributed by atoms with van der Waals surface area (Å²) in [5.74, 6) is -0.290. The summed E-state index contributed by atoms with van der Waals surface area (Å²) in [6, 6.07) is 13.1. The summed E-state index contributed by atoms with van der Waals surface area (Å²) in [7, 11) is 1.55. The van der Waals surface area contributed by atoms with E-state index in [0.29, 0.717) is 17.0 Å². The van der Waals surface area contributed by atoms with Crippen LogP contribution in [-0.4, -0.2) is 23.3 Å². The number of carboxylic acid groups (broad SMARTS) is 1. The molecule has 110 valence electrons. The number of benzene rings is 2. The Balaban J connectivity index is 2.38. The Morgan fingerprint density at radius 3 is 2.43 bits per heavy atom. The first kappa shape index (κ1) is 14.7. The Morgan fingerprint density at radius 2 is 1.86 bits per heavy atom. The van der Waals surface area contributed by atoms with E-state index >= 15 is 0 Å². The van der Waals surface area contributed by atoms with Crippen LogP contribution < -0.4 is 10.1 Å². The maximum atomic E-state index is 11.7. The Morgan fingerprint density at radius 1 is 1.19 bits per heavy atom.